The molecule has 0 fully saturated rings. The van der Waals surface area contributed by atoms with E-state index in [9.17, 15) is 20.0 Å². The van der Waals surface area contributed by atoms with Gasteiger partial charge in [0.1, 0.15) is 4.88 Å². The van der Waals surface area contributed by atoms with Crippen LogP contribution in [0.3, 0.4) is 0 Å². The summed E-state index contributed by atoms with van der Waals surface area (Å²) in [6.45, 7) is 1.64. The van der Waals surface area contributed by atoms with Gasteiger partial charge in [-0.1, -0.05) is 0 Å². The second kappa shape index (κ2) is 4.57. The fraction of sp³-hybridized carbons (Fsp3) is 0.0833. The zero-order chi connectivity index (χ0) is 15.3. The highest BCUT2D eigenvalue weighted by Crippen LogP contribution is 2.29. The van der Waals surface area contributed by atoms with Crippen LogP contribution in [0.15, 0.2) is 17.1 Å². The Morgan fingerprint density at radius 1 is 1.48 bits per heavy atom. The van der Waals surface area contributed by atoms with Gasteiger partial charge in [0.25, 0.3) is 11.6 Å². The number of aromatic hydroxyl groups is 1. The lowest BCUT2D eigenvalue weighted by Crippen LogP contribution is -2.26. The number of H-pyrrole nitrogens is 1. The second-order valence-corrected chi connectivity index (χ2v) is 6.09. The van der Waals surface area contributed by atoms with Crippen molar-refractivity contribution < 1.29 is 14.8 Å². The molecule has 7 nitrogen and oxygen atoms in total. The molecule has 21 heavy (non-hydrogen) atoms. The Hall–Kier alpha value is -2.39. The van der Waals surface area contributed by atoms with Gasteiger partial charge in [-0.15, -0.1) is 11.3 Å². The van der Waals surface area contributed by atoms with Crippen LogP contribution in [0.1, 0.15) is 10.4 Å². The average molecular weight is 321 g/mol. The van der Waals surface area contributed by atoms with Gasteiger partial charge in [-0.3, -0.25) is 14.9 Å². The van der Waals surface area contributed by atoms with Crippen molar-refractivity contribution in [2.75, 3.05) is 0 Å². The number of aromatic amines is 1. The first-order chi connectivity index (χ1) is 9.88. The molecule has 2 aromatic rings. The lowest BCUT2D eigenvalue weighted by Gasteiger charge is -1.97. The molecule has 0 saturated carbocycles. The number of nitro benzene ring substituents is 1. The molecule has 1 aromatic carbocycles. The summed E-state index contributed by atoms with van der Waals surface area (Å²) in [5.74, 6) is -0.783. The van der Waals surface area contributed by atoms with Crippen LogP contribution in [0, 0.1) is 21.0 Å². The third kappa shape index (κ3) is 2.06. The molecule has 9 heteroatoms. The average Bonchev–Trinajstić information content (AvgIpc) is 2.88. The number of nitro groups is 1. The predicted octanol–water partition coefficient (Wildman–Crippen LogP) is 1.09. The van der Waals surface area contributed by atoms with Crippen LogP contribution in [0.25, 0.3) is 5.57 Å². The molecular weight excluding hydrogens is 314 g/mol. The second-order valence-electron chi connectivity index (χ2n) is 4.40. The first-order valence-corrected chi connectivity index (χ1v) is 6.96. The maximum Gasteiger partial charge on any atom is 0.279 e. The number of thiazole rings is 1. The Bertz CT molecular complexity index is 987. The highest BCUT2D eigenvalue weighted by atomic mass is 32.1. The number of aryl methyl sites for hydroxylation is 1. The van der Waals surface area contributed by atoms with E-state index in [1.807, 2.05) is 0 Å². The van der Waals surface area contributed by atoms with E-state index in [2.05, 4.69) is 9.98 Å². The van der Waals surface area contributed by atoms with E-state index in [0.717, 1.165) is 11.3 Å². The largest absolute Gasteiger partial charge is 0.494 e. The minimum atomic E-state index is -0.547. The standard InChI is InChI=1S/C12H7N3O4S2/c1-4-2-5(15(18)19)3-6-7(10(16)13-8(4)6)9-11(17)14-12(20)21-9/h2-3,17H,1H3,(H,14,20). The molecule has 0 spiro atoms. The number of nitrogens with one attached hydrogen (secondary N) is 1. The van der Waals surface area contributed by atoms with E-state index in [0.29, 0.717) is 20.1 Å². The Morgan fingerprint density at radius 3 is 2.76 bits per heavy atom. The minimum absolute atomic E-state index is 0.131. The lowest BCUT2D eigenvalue weighted by molar-refractivity contribution is -0.385. The Labute approximate surface area is 126 Å². The van der Waals surface area contributed by atoms with Crippen molar-refractivity contribution in [3.63, 3.8) is 0 Å². The van der Waals surface area contributed by atoms with Gasteiger partial charge in [0.2, 0.25) is 5.88 Å². The fourth-order valence-corrected chi connectivity index (χ4v) is 3.31. The van der Waals surface area contributed by atoms with Crippen molar-refractivity contribution >= 4 is 40.7 Å². The van der Waals surface area contributed by atoms with E-state index in [4.69, 9.17) is 12.2 Å². The number of nitrogens with zero attached hydrogens (tertiary/aromatic N) is 2. The summed E-state index contributed by atoms with van der Waals surface area (Å²) in [6.07, 6.45) is 0. The summed E-state index contributed by atoms with van der Waals surface area (Å²) in [5, 5.41) is 21.5. The van der Waals surface area contributed by atoms with Crippen molar-refractivity contribution in [1.29, 1.82) is 0 Å². The molecule has 0 unspecified atom stereocenters. The number of hydrogen-bond acceptors (Lipinski definition) is 6. The summed E-state index contributed by atoms with van der Waals surface area (Å²) in [4.78, 5) is 29.2. The van der Waals surface area contributed by atoms with Crippen molar-refractivity contribution in [3.05, 3.63) is 47.2 Å². The van der Waals surface area contributed by atoms with E-state index in [-0.39, 0.29) is 22.0 Å². The molecule has 0 bridgehead atoms. The molecule has 1 amide bonds. The molecule has 3 rings (SSSR count). The zero-order valence-corrected chi connectivity index (χ0v) is 12.2. The number of rotatable bonds is 2. The summed E-state index contributed by atoms with van der Waals surface area (Å²) in [6, 6.07) is 2.64. The molecule has 0 radical (unpaired) electrons. The third-order valence-electron chi connectivity index (χ3n) is 3.05. The Kier molecular flexibility index (Phi) is 2.96. The first-order valence-electron chi connectivity index (χ1n) is 5.73. The molecule has 0 saturated heterocycles. The maximum atomic E-state index is 12.1. The van der Waals surface area contributed by atoms with Gasteiger partial charge in [0, 0.05) is 17.4 Å². The number of fused-ring (bicyclic) bond motifs is 1. The number of carbonyl (C=O) groups is 1. The topological polar surface area (TPSA) is 109 Å². The molecule has 1 aromatic heterocycles. The monoisotopic (exact) mass is 321 g/mol. The maximum absolute atomic E-state index is 12.1. The minimum Gasteiger partial charge on any atom is -0.494 e. The highest BCUT2D eigenvalue weighted by molar-refractivity contribution is 7.73. The quantitative estimate of drug-likeness (QED) is 0.489. The third-order valence-corrected chi connectivity index (χ3v) is 4.29. The number of benzene rings is 1. The van der Waals surface area contributed by atoms with Crippen LogP contribution >= 0.6 is 23.6 Å². The molecule has 0 aliphatic carbocycles. The van der Waals surface area contributed by atoms with Gasteiger partial charge in [-0.2, -0.15) is 0 Å². The normalized spacial score (nSPS) is 13.2. The van der Waals surface area contributed by atoms with Crippen LogP contribution < -0.4 is 10.6 Å². The van der Waals surface area contributed by atoms with Crippen LogP contribution in [0.4, 0.5) is 5.69 Å². The SMILES string of the molecule is Cc1cc([N+](=O)[O-])cc2c1=NC(=O)C=2c1sc(=S)[nH]c1O. The fourth-order valence-electron chi connectivity index (χ4n) is 2.19. The van der Waals surface area contributed by atoms with Crippen LogP contribution in [-0.2, 0) is 4.79 Å². The van der Waals surface area contributed by atoms with E-state index < -0.39 is 10.8 Å². The summed E-state index contributed by atoms with van der Waals surface area (Å²) in [5.41, 5.74) is 0.528. The molecule has 2 heterocycles. The van der Waals surface area contributed by atoms with E-state index in [1.165, 1.54) is 12.1 Å². The number of carbonyl (C=O) groups excluding carboxylic acids is 1. The van der Waals surface area contributed by atoms with Crippen molar-refractivity contribution in [3.8, 4) is 5.88 Å². The van der Waals surface area contributed by atoms with Gasteiger partial charge in [0.05, 0.1) is 15.9 Å². The Balaban J connectivity index is 2.47. The molecule has 1 aliphatic rings. The van der Waals surface area contributed by atoms with Gasteiger partial charge in [-0.05, 0) is 24.7 Å². The van der Waals surface area contributed by atoms with Crippen molar-refractivity contribution in [2.24, 2.45) is 4.99 Å². The highest BCUT2D eigenvalue weighted by Gasteiger charge is 2.25. The first kappa shape index (κ1) is 13.6. The summed E-state index contributed by atoms with van der Waals surface area (Å²) < 4.78 is 0.304. The zero-order valence-electron chi connectivity index (χ0n) is 10.5. The number of amides is 1. The molecule has 106 valence electrons. The predicted molar refractivity (Wildman–Crippen MR) is 77.3 cm³/mol. The van der Waals surface area contributed by atoms with E-state index in [1.54, 1.807) is 6.92 Å². The van der Waals surface area contributed by atoms with Crippen LogP contribution in [0.2, 0.25) is 0 Å². The van der Waals surface area contributed by atoms with Gasteiger partial charge in [-0.25, -0.2) is 4.99 Å². The number of non-ortho nitro benzene ring substituents is 1. The summed E-state index contributed by atoms with van der Waals surface area (Å²) in [7, 11) is 0. The van der Waals surface area contributed by atoms with Gasteiger partial charge in [0.15, 0.2) is 3.95 Å². The molecule has 1 aliphatic heterocycles. The number of aromatic nitrogens is 1. The molecule has 2 N–H and O–H groups in total. The van der Waals surface area contributed by atoms with Gasteiger partial charge < -0.3 is 10.1 Å². The van der Waals surface area contributed by atoms with Crippen LogP contribution in [-0.4, -0.2) is 20.9 Å². The lowest BCUT2D eigenvalue weighted by atomic mass is 10.1. The smallest absolute Gasteiger partial charge is 0.279 e. The number of hydrogen-bond donors (Lipinski definition) is 2. The molecular formula is C12H7N3O4S2. The Morgan fingerprint density at radius 2 is 2.19 bits per heavy atom. The molecule has 0 atom stereocenters. The van der Waals surface area contributed by atoms with Crippen molar-refractivity contribution in [1.82, 2.24) is 4.98 Å². The summed E-state index contributed by atoms with van der Waals surface area (Å²) >= 11 is 5.95. The van der Waals surface area contributed by atoms with Crippen molar-refractivity contribution in [2.45, 2.75) is 6.92 Å². The van der Waals surface area contributed by atoms with E-state index >= 15 is 0 Å². The van der Waals surface area contributed by atoms with Crippen LogP contribution in [0.5, 0.6) is 5.88 Å². The van der Waals surface area contributed by atoms with Gasteiger partial charge >= 0.3 is 0 Å².